The SMILES string of the molecule is C/C=C/c1ccccc1Oc1nc(NCCC)ncc1F. The third-order valence-corrected chi connectivity index (χ3v) is 2.72. The summed E-state index contributed by atoms with van der Waals surface area (Å²) in [6, 6.07) is 7.39. The summed E-state index contributed by atoms with van der Waals surface area (Å²) in [5.41, 5.74) is 0.862. The first-order valence-corrected chi connectivity index (χ1v) is 6.90. The van der Waals surface area contributed by atoms with Gasteiger partial charge in [0.25, 0.3) is 5.88 Å². The molecule has 1 aromatic carbocycles. The second-order valence-electron chi connectivity index (χ2n) is 4.41. The van der Waals surface area contributed by atoms with Gasteiger partial charge in [-0.2, -0.15) is 9.37 Å². The molecule has 1 heterocycles. The molecule has 0 spiro atoms. The molecule has 0 fully saturated rings. The molecule has 1 N–H and O–H groups in total. The number of para-hydroxylation sites is 1. The van der Waals surface area contributed by atoms with Gasteiger partial charge in [-0.05, 0) is 19.4 Å². The summed E-state index contributed by atoms with van der Waals surface area (Å²) in [5, 5.41) is 3.00. The van der Waals surface area contributed by atoms with Gasteiger partial charge in [0.1, 0.15) is 5.75 Å². The molecule has 0 aliphatic heterocycles. The Morgan fingerprint density at radius 1 is 1.33 bits per heavy atom. The summed E-state index contributed by atoms with van der Waals surface area (Å²) >= 11 is 0. The lowest BCUT2D eigenvalue weighted by Gasteiger charge is -2.10. The van der Waals surface area contributed by atoms with Gasteiger partial charge in [-0.1, -0.05) is 37.3 Å². The Morgan fingerprint density at radius 2 is 2.14 bits per heavy atom. The molecule has 0 amide bonds. The summed E-state index contributed by atoms with van der Waals surface area (Å²) in [4.78, 5) is 7.95. The summed E-state index contributed by atoms with van der Waals surface area (Å²) in [5.74, 6) is 0.235. The van der Waals surface area contributed by atoms with Gasteiger partial charge in [-0.3, -0.25) is 0 Å². The van der Waals surface area contributed by atoms with Crippen LogP contribution in [0.25, 0.3) is 6.08 Å². The van der Waals surface area contributed by atoms with Gasteiger partial charge in [0.2, 0.25) is 11.8 Å². The second-order valence-corrected chi connectivity index (χ2v) is 4.41. The number of nitrogens with one attached hydrogen (secondary N) is 1. The number of nitrogens with zero attached hydrogens (tertiary/aromatic N) is 2. The summed E-state index contributed by atoms with van der Waals surface area (Å²) in [6.07, 6.45) is 5.83. The third-order valence-electron chi connectivity index (χ3n) is 2.72. The standard InChI is InChI=1S/C16H18FN3O/c1-3-7-12-8-5-6-9-14(12)21-15-13(17)11-19-16(20-15)18-10-4-2/h3,5-9,11H,4,10H2,1-2H3,(H,18,19,20)/b7-3+. The van der Waals surface area contributed by atoms with Gasteiger partial charge in [-0.25, -0.2) is 4.98 Å². The van der Waals surface area contributed by atoms with E-state index in [1.807, 2.05) is 44.2 Å². The largest absolute Gasteiger partial charge is 0.436 e. The van der Waals surface area contributed by atoms with Crippen LogP contribution < -0.4 is 10.1 Å². The zero-order chi connectivity index (χ0) is 15.1. The van der Waals surface area contributed by atoms with Crippen molar-refractivity contribution < 1.29 is 9.13 Å². The smallest absolute Gasteiger partial charge is 0.260 e. The van der Waals surface area contributed by atoms with Crippen LogP contribution in [-0.4, -0.2) is 16.5 Å². The van der Waals surface area contributed by atoms with E-state index in [0.29, 0.717) is 11.7 Å². The highest BCUT2D eigenvalue weighted by molar-refractivity contribution is 5.57. The number of allylic oxidation sites excluding steroid dienone is 1. The molecular formula is C16H18FN3O. The van der Waals surface area contributed by atoms with E-state index >= 15 is 0 Å². The Kier molecular flexibility index (Phi) is 5.26. The van der Waals surface area contributed by atoms with Crippen LogP contribution in [0.15, 0.2) is 36.5 Å². The zero-order valence-corrected chi connectivity index (χ0v) is 12.1. The van der Waals surface area contributed by atoms with Crippen molar-refractivity contribution in [1.29, 1.82) is 0 Å². The number of hydrogen-bond acceptors (Lipinski definition) is 4. The fraction of sp³-hybridized carbons (Fsp3) is 0.250. The van der Waals surface area contributed by atoms with Gasteiger partial charge < -0.3 is 10.1 Å². The zero-order valence-electron chi connectivity index (χ0n) is 12.1. The van der Waals surface area contributed by atoms with Crippen LogP contribution in [0.4, 0.5) is 10.3 Å². The predicted molar refractivity (Wildman–Crippen MR) is 82.0 cm³/mol. The highest BCUT2D eigenvalue weighted by Gasteiger charge is 2.11. The molecule has 0 bridgehead atoms. The first-order chi connectivity index (χ1) is 10.2. The Bertz CT molecular complexity index is 629. The van der Waals surface area contributed by atoms with E-state index in [2.05, 4.69) is 15.3 Å². The highest BCUT2D eigenvalue weighted by Crippen LogP contribution is 2.27. The number of halogens is 1. The number of hydrogen-bond donors (Lipinski definition) is 1. The van der Waals surface area contributed by atoms with E-state index in [4.69, 9.17) is 4.74 Å². The molecular weight excluding hydrogens is 269 g/mol. The number of benzene rings is 1. The van der Waals surface area contributed by atoms with Crippen LogP contribution in [0.2, 0.25) is 0 Å². The minimum atomic E-state index is -0.590. The molecule has 4 nitrogen and oxygen atoms in total. The first kappa shape index (κ1) is 15.0. The second kappa shape index (κ2) is 7.38. The third kappa shape index (κ3) is 4.02. The minimum absolute atomic E-state index is 0.0828. The van der Waals surface area contributed by atoms with Crippen molar-refractivity contribution in [3.63, 3.8) is 0 Å². The van der Waals surface area contributed by atoms with Crippen molar-refractivity contribution in [2.24, 2.45) is 0 Å². The molecule has 2 rings (SSSR count). The van der Waals surface area contributed by atoms with Gasteiger partial charge in [0.05, 0.1) is 6.20 Å². The number of aromatic nitrogens is 2. The van der Waals surface area contributed by atoms with Gasteiger partial charge >= 0.3 is 0 Å². The Labute approximate surface area is 123 Å². The average molecular weight is 287 g/mol. The fourth-order valence-electron chi connectivity index (χ4n) is 1.74. The Hall–Kier alpha value is -2.43. The minimum Gasteiger partial charge on any atom is -0.436 e. The lowest BCUT2D eigenvalue weighted by molar-refractivity contribution is 0.420. The maximum absolute atomic E-state index is 13.8. The molecule has 1 aromatic heterocycles. The number of anilines is 1. The van der Waals surface area contributed by atoms with Crippen molar-refractivity contribution in [1.82, 2.24) is 9.97 Å². The fourth-order valence-corrected chi connectivity index (χ4v) is 1.74. The molecule has 5 heteroatoms. The van der Waals surface area contributed by atoms with Crippen molar-refractivity contribution in [2.45, 2.75) is 20.3 Å². The quantitative estimate of drug-likeness (QED) is 0.862. The van der Waals surface area contributed by atoms with Gasteiger partial charge in [0.15, 0.2) is 0 Å². The van der Waals surface area contributed by atoms with Crippen molar-refractivity contribution in [3.05, 3.63) is 47.9 Å². The highest BCUT2D eigenvalue weighted by atomic mass is 19.1. The average Bonchev–Trinajstić information content (AvgIpc) is 2.50. The van der Waals surface area contributed by atoms with Gasteiger partial charge in [-0.15, -0.1) is 0 Å². The summed E-state index contributed by atoms with van der Waals surface area (Å²) in [6.45, 7) is 4.66. The molecule has 0 atom stereocenters. The van der Waals surface area contributed by atoms with Crippen molar-refractivity contribution >= 4 is 12.0 Å². The molecule has 0 saturated carbocycles. The van der Waals surface area contributed by atoms with Crippen LogP contribution >= 0.6 is 0 Å². The van der Waals surface area contributed by atoms with Gasteiger partial charge in [0, 0.05) is 12.1 Å². The molecule has 0 saturated heterocycles. The van der Waals surface area contributed by atoms with E-state index in [1.54, 1.807) is 6.07 Å². The van der Waals surface area contributed by atoms with E-state index in [0.717, 1.165) is 24.7 Å². The van der Waals surface area contributed by atoms with E-state index in [1.165, 1.54) is 0 Å². The molecule has 0 aliphatic carbocycles. The summed E-state index contributed by atoms with van der Waals surface area (Å²) in [7, 11) is 0. The monoisotopic (exact) mass is 287 g/mol. The topological polar surface area (TPSA) is 47.0 Å². The van der Waals surface area contributed by atoms with Crippen LogP contribution in [0, 0.1) is 5.82 Å². The number of ether oxygens (including phenoxy) is 1. The van der Waals surface area contributed by atoms with Crippen molar-refractivity contribution in [2.75, 3.05) is 11.9 Å². The summed E-state index contributed by atoms with van der Waals surface area (Å²) < 4.78 is 19.4. The molecule has 0 aliphatic rings. The molecule has 0 radical (unpaired) electrons. The first-order valence-electron chi connectivity index (χ1n) is 6.90. The lowest BCUT2D eigenvalue weighted by atomic mass is 10.2. The van der Waals surface area contributed by atoms with Crippen LogP contribution in [0.1, 0.15) is 25.8 Å². The number of rotatable bonds is 6. The van der Waals surface area contributed by atoms with E-state index in [-0.39, 0.29) is 5.88 Å². The van der Waals surface area contributed by atoms with Crippen LogP contribution in [0.5, 0.6) is 11.6 Å². The molecule has 0 unspecified atom stereocenters. The lowest BCUT2D eigenvalue weighted by Crippen LogP contribution is -2.06. The van der Waals surface area contributed by atoms with Crippen molar-refractivity contribution in [3.8, 4) is 11.6 Å². The van der Waals surface area contributed by atoms with E-state index < -0.39 is 5.82 Å². The Balaban J connectivity index is 2.26. The molecule has 110 valence electrons. The molecule has 21 heavy (non-hydrogen) atoms. The Morgan fingerprint density at radius 3 is 2.90 bits per heavy atom. The maximum atomic E-state index is 13.8. The normalized spacial score (nSPS) is 10.8. The molecule has 2 aromatic rings. The predicted octanol–water partition coefficient (Wildman–Crippen LogP) is 4.26. The van der Waals surface area contributed by atoms with E-state index in [9.17, 15) is 4.39 Å². The maximum Gasteiger partial charge on any atom is 0.260 e. The van der Waals surface area contributed by atoms with Crippen LogP contribution in [0.3, 0.4) is 0 Å². The van der Waals surface area contributed by atoms with Crippen LogP contribution in [-0.2, 0) is 0 Å².